The average molecular weight is 423 g/mol. The fourth-order valence-electron chi connectivity index (χ4n) is 2.67. The van der Waals surface area contributed by atoms with Gasteiger partial charge >= 0.3 is 10.2 Å². The fraction of sp³-hybridized carbons (Fsp3) is 0.278. The molecule has 0 amide bonds. The molecule has 0 spiro atoms. The molecule has 0 unspecified atom stereocenters. The molecule has 8 nitrogen and oxygen atoms in total. The van der Waals surface area contributed by atoms with E-state index in [-0.39, 0.29) is 13.0 Å². The van der Waals surface area contributed by atoms with Crippen LogP contribution in [0.2, 0.25) is 0 Å². The van der Waals surface area contributed by atoms with Crippen LogP contribution in [0.25, 0.3) is 5.65 Å². The zero-order chi connectivity index (χ0) is 21.3. The van der Waals surface area contributed by atoms with Crippen LogP contribution in [0.15, 0.2) is 30.6 Å². The molecule has 29 heavy (non-hydrogen) atoms. The number of aryl methyl sites for hydroxylation is 1. The largest absolute Gasteiger partial charge is 0.301 e. The number of anilines is 1. The van der Waals surface area contributed by atoms with E-state index in [1.807, 2.05) is 4.72 Å². The lowest BCUT2D eigenvalue weighted by Gasteiger charge is -2.17. The van der Waals surface area contributed by atoms with E-state index in [1.165, 1.54) is 17.8 Å². The van der Waals surface area contributed by atoms with Crippen LogP contribution >= 0.6 is 0 Å². The molecule has 2 heterocycles. The number of benzene rings is 1. The summed E-state index contributed by atoms with van der Waals surface area (Å²) in [5.41, 5.74) is 0.385. The van der Waals surface area contributed by atoms with E-state index in [0.29, 0.717) is 11.2 Å². The van der Waals surface area contributed by atoms with Crippen LogP contribution in [-0.4, -0.2) is 46.7 Å². The zero-order valence-corrected chi connectivity index (χ0v) is 16.8. The maximum atomic E-state index is 14.8. The highest BCUT2D eigenvalue weighted by molar-refractivity contribution is 7.90. The highest BCUT2D eigenvalue weighted by atomic mass is 32.2. The number of carbonyl (C=O) groups excluding carboxylic acids is 1. The summed E-state index contributed by atoms with van der Waals surface area (Å²) >= 11 is 0. The van der Waals surface area contributed by atoms with E-state index in [1.54, 1.807) is 26.1 Å². The summed E-state index contributed by atoms with van der Waals surface area (Å²) < 4.78 is 57.7. The van der Waals surface area contributed by atoms with Crippen molar-refractivity contribution in [2.45, 2.75) is 20.3 Å². The third kappa shape index (κ3) is 4.25. The standard InChI is InChI=1S/C18H19F2N5O3S/c1-4-24(3)29(27,28)23-14-6-5-13(19)17(18(14)20)15(26)8-12-9-21-16-7-11(2)22-25(16)10-12/h5-7,9-10,23H,4,8H2,1-3H3. The number of hydrogen-bond donors (Lipinski definition) is 1. The molecule has 11 heteroatoms. The van der Waals surface area contributed by atoms with Gasteiger partial charge in [-0.15, -0.1) is 0 Å². The van der Waals surface area contributed by atoms with Crippen molar-refractivity contribution in [2.75, 3.05) is 18.3 Å². The van der Waals surface area contributed by atoms with Gasteiger partial charge in [0.15, 0.2) is 17.2 Å². The first-order valence-electron chi connectivity index (χ1n) is 8.68. The van der Waals surface area contributed by atoms with Gasteiger partial charge in [0.25, 0.3) is 0 Å². The summed E-state index contributed by atoms with van der Waals surface area (Å²) in [7, 11) is -2.73. The summed E-state index contributed by atoms with van der Waals surface area (Å²) in [4.78, 5) is 16.7. The van der Waals surface area contributed by atoms with Crippen LogP contribution in [0.1, 0.15) is 28.5 Å². The normalized spacial score (nSPS) is 11.9. The van der Waals surface area contributed by atoms with Gasteiger partial charge in [-0.3, -0.25) is 9.52 Å². The number of Topliss-reactive ketones (excluding diaryl/α,β-unsaturated/α-hetero) is 1. The molecule has 1 N–H and O–H groups in total. The van der Waals surface area contributed by atoms with Crippen LogP contribution in [-0.2, 0) is 16.6 Å². The molecule has 0 atom stereocenters. The third-order valence-electron chi connectivity index (χ3n) is 4.32. The van der Waals surface area contributed by atoms with Gasteiger partial charge in [-0.05, 0) is 24.6 Å². The van der Waals surface area contributed by atoms with Crippen molar-refractivity contribution < 1.29 is 22.0 Å². The number of hydrogen-bond acceptors (Lipinski definition) is 5. The number of aromatic nitrogens is 3. The molecular formula is C18H19F2N5O3S. The number of rotatable bonds is 7. The van der Waals surface area contributed by atoms with E-state index in [0.717, 1.165) is 22.1 Å². The summed E-state index contributed by atoms with van der Waals surface area (Å²) in [6.45, 7) is 3.53. The van der Waals surface area contributed by atoms with Gasteiger partial charge in [-0.2, -0.15) is 17.8 Å². The molecule has 0 aliphatic heterocycles. The van der Waals surface area contributed by atoms with Gasteiger partial charge in [-0.25, -0.2) is 18.3 Å². The Labute approximate surface area is 166 Å². The molecule has 154 valence electrons. The Bertz CT molecular complexity index is 1190. The predicted molar refractivity (Wildman–Crippen MR) is 103 cm³/mol. The van der Waals surface area contributed by atoms with Crippen LogP contribution < -0.4 is 4.72 Å². The Balaban J connectivity index is 1.91. The first-order valence-corrected chi connectivity index (χ1v) is 10.1. The van der Waals surface area contributed by atoms with Crippen molar-refractivity contribution in [2.24, 2.45) is 0 Å². The van der Waals surface area contributed by atoms with Gasteiger partial charge in [0.2, 0.25) is 0 Å². The van der Waals surface area contributed by atoms with Gasteiger partial charge in [0.05, 0.1) is 16.9 Å². The number of fused-ring (bicyclic) bond motifs is 1. The number of carbonyl (C=O) groups is 1. The van der Waals surface area contributed by atoms with Gasteiger partial charge in [0, 0.05) is 38.5 Å². The fourth-order valence-corrected chi connectivity index (χ4v) is 3.60. The van der Waals surface area contributed by atoms with Gasteiger partial charge < -0.3 is 0 Å². The van der Waals surface area contributed by atoms with E-state index in [9.17, 15) is 22.0 Å². The second kappa shape index (κ2) is 7.84. The summed E-state index contributed by atoms with van der Waals surface area (Å²) in [5.74, 6) is -3.20. The Morgan fingerprint density at radius 1 is 1.31 bits per heavy atom. The molecular weight excluding hydrogens is 404 g/mol. The quantitative estimate of drug-likeness (QED) is 0.589. The number of nitrogens with one attached hydrogen (secondary N) is 1. The third-order valence-corrected chi connectivity index (χ3v) is 5.87. The first kappa shape index (κ1) is 20.8. The Hall–Kier alpha value is -2.92. The van der Waals surface area contributed by atoms with Crippen LogP contribution in [0.4, 0.5) is 14.5 Å². The average Bonchev–Trinajstić information content (AvgIpc) is 3.02. The Morgan fingerprint density at radius 3 is 2.72 bits per heavy atom. The summed E-state index contributed by atoms with van der Waals surface area (Å²) in [5, 5.41) is 4.18. The summed E-state index contributed by atoms with van der Waals surface area (Å²) in [6.07, 6.45) is 2.64. The molecule has 0 aliphatic carbocycles. The second-order valence-electron chi connectivity index (χ2n) is 6.46. The number of nitrogens with zero attached hydrogens (tertiary/aromatic N) is 4. The van der Waals surface area contributed by atoms with Crippen molar-refractivity contribution >= 4 is 27.3 Å². The van der Waals surface area contributed by atoms with Crippen LogP contribution in [0.3, 0.4) is 0 Å². The molecule has 3 aromatic rings. The molecule has 1 aromatic carbocycles. The minimum Gasteiger partial charge on any atom is -0.294 e. The lowest BCUT2D eigenvalue weighted by Crippen LogP contribution is -2.32. The molecule has 0 aliphatic rings. The molecule has 0 fully saturated rings. The Morgan fingerprint density at radius 2 is 2.03 bits per heavy atom. The highest BCUT2D eigenvalue weighted by Gasteiger charge is 2.24. The van der Waals surface area contributed by atoms with E-state index in [4.69, 9.17) is 0 Å². The summed E-state index contributed by atoms with van der Waals surface area (Å²) in [6, 6.07) is 3.52. The van der Waals surface area contributed by atoms with E-state index >= 15 is 0 Å². The topological polar surface area (TPSA) is 96.7 Å². The molecule has 0 radical (unpaired) electrons. The maximum absolute atomic E-state index is 14.8. The van der Waals surface area contributed by atoms with E-state index < -0.39 is 38.9 Å². The van der Waals surface area contributed by atoms with Crippen molar-refractivity contribution in [1.29, 1.82) is 0 Å². The molecule has 0 saturated carbocycles. The van der Waals surface area contributed by atoms with Crippen molar-refractivity contribution in [3.8, 4) is 0 Å². The smallest absolute Gasteiger partial charge is 0.294 e. The van der Waals surface area contributed by atoms with Crippen LogP contribution in [0.5, 0.6) is 0 Å². The highest BCUT2D eigenvalue weighted by Crippen LogP contribution is 2.24. The van der Waals surface area contributed by atoms with Gasteiger partial charge in [-0.1, -0.05) is 6.92 Å². The van der Waals surface area contributed by atoms with Crippen LogP contribution in [0, 0.1) is 18.6 Å². The molecule has 3 rings (SSSR count). The van der Waals surface area contributed by atoms with Crippen molar-refractivity contribution in [1.82, 2.24) is 18.9 Å². The second-order valence-corrected chi connectivity index (χ2v) is 8.23. The number of halogens is 2. The van der Waals surface area contributed by atoms with Crippen molar-refractivity contribution in [3.63, 3.8) is 0 Å². The lowest BCUT2D eigenvalue weighted by molar-refractivity contribution is 0.0984. The molecule has 2 aromatic heterocycles. The first-order chi connectivity index (χ1) is 13.6. The minimum atomic E-state index is -4.03. The van der Waals surface area contributed by atoms with Gasteiger partial charge in [0.1, 0.15) is 5.82 Å². The lowest BCUT2D eigenvalue weighted by atomic mass is 10.0. The predicted octanol–water partition coefficient (Wildman–Crippen LogP) is 2.35. The Kier molecular flexibility index (Phi) is 5.62. The number of ketones is 1. The monoisotopic (exact) mass is 423 g/mol. The minimum absolute atomic E-state index is 0.145. The van der Waals surface area contributed by atoms with E-state index in [2.05, 4.69) is 10.1 Å². The molecule has 0 saturated heterocycles. The molecule has 0 bridgehead atoms. The van der Waals surface area contributed by atoms with Crippen molar-refractivity contribution in [3.05, 3.63) is 59.0 Å². The zero-order valence-electron chi connectivity index (χ0n) is 16.0. The maximum Gasteiger partial charge on any atom is 0.301 e. The SMILES string of the molecule is CCN(C)S(=O)(=O)Nc1ccc(F)c(C(=O)Cc2cnc3cc(C)nn3c2)c1F.